The summed E-state index contributed by atoms with van der Waals surface area (Å²) in [5, 5.41) is 9.47. The molecule has 1 atom stereocenters. The Labute approximate surface area is 179 Å². The number of aromatic nitrogens is 2. The van der Waals surface area contributed by atoms with Crippen LogP contribution in [0.2, 0.25) is 0 Å². The Morgan fingerprint density at radius 2 is 1.68 bits per heavy atom. The summed E-state index contributed by atoms with van der Waals surface area (Å²) >= 11 is 0. The predicted octanol–water partition coefficient (Wildman–Crippen LogP) is 3.28. The van der Waals surface area contributed by atoms with Crippen molar-refractivity contribution in [2.45, 2.75) is 33.0 Å². The smallest absolute Gasteiger partial charge is 0.257 e. The van der Waals surface area contributed by atoms with Crippen molar-refractivity contribution in [3.63, 3.8) is 0 Å². The van der Waals surface area contributed by atoms with Gasteiger partial charge in [-0.2, -0.15) is 5.10 Å². The maximum atomic E-state index is 13.9. The van der Waals surface area contributed by atoms with Gasteiger partial charge in [-0.1, -0.05) is 44.2 Å². The first-order chi connectivity index (χ1) is 14.9. The number of hydrogen-bond acceptors (Lipinski definition) is 3. The zero-order valence-electron chi connectivity index (χ0n) is 17.3. The van der Waals surface area contributed by atoms with Crippen LogP contribution in [0.25, 0.3) is 0 Å². The lowest BCUT2D eigenvalue weighted by Crippen LogP contribution is -2.49. The van der Waals surface area contributed by atoms with Crippen LogP contribution >= 0.6 is 0 Å². The lowest BCUT2D eigenvalue weighted by molar-refractivity contribution is -0.124. The number of nitrogens with zero attached hydrogens (tertiary/aromatic N) is 2. The summed E-state index contributed by atoms with van der Waals surface area (Å²) in [5.74, 6) is -3.66. The summed E-state index contributed by atoms with van der Waals surface area (Å²) in [5.41, 5.74) is 1.19. The molecule has 0 spiro atoms. The van der Waals surface area contributed by atoms with Gasteiger partial charge >= 0.3 is 0 Å². The molecule has 6 nitrogen and oxygen atoms in total. The fourth-order valence-corrected chi connectivity index (χ4v) is 3.21. The summed E-state index contributed by atoms with van der Waals surface area (Å²) in [6.45, 7) is 4.28. The van der Waals surface area contributed by atoms with Crippen LogP contribution in [-0.2, 0) is 17.9 Å². The van der Waals surface area contributed by atoms with Crippen molar-refractivity contribution >= 4 is 11.8 Å². The second-order valence-electron chi connectivity index (χ2n) is 7.48. The summed E-state index contributed by atoms with van der Waals surface area (Å²) in [7, 11) is 0. The molecule has 1 heterocycles. The second-order valence-corrected chi connectivity index (χ2v) is 7.48. The number of benzene rings is 2. The molecule has 2 N–H and O–H groups in total. The maximum absolute atomic E-state index is 13.9. The normalized spacial score (nSPS) is 11.9. The highest BCUT2D eigenvalue weighted by atomic mass is 19.1. The summed E-state index contributed by atoms with van der Waals surface area (Å²) in [6, 6.07) is 11.7. The van der Waals surface area contributed by atoms with E-state index in [-0.39, 0.29) is 12.5 Å². The molecule has 2 aromatic carbocycles. The second kappa shape index (κ2) is 9.97. The largest absolute Gasteiger partial charge is 0.350 e. The number of hydrogen-bond donors (Lipinski definition) is 2. The lowest BCUT2D eigenvalue weighted by atomic mass is 10.0. The number of carbonyl (C=O) groups is 2. The maximum Gasteiger partial charge on any atom is 0.257 e. The third-order valence-electron chi connectivity index (χ3n) is 4.89. The molecule has 162 valence electrons. The minimum absolute atomic E-state index is 0.240. The minimum atomic E-state index is -0.979. The third kappa shape index (κ3) is 5.53. The molecule has 0 saturated carbocycles. The highest BCUT2D eigenvalue weighted by molar-refractivity contribution is 5.98. The van der Waals surface area contributed by atoms with Crippen LogP contribution < -0.4 is 10.6 Å². The summed E-state index contributed by atoms with van der Waals surface area (Å²) in [6.07, 6.45) is 3.54. The zero-order valence-corrected chi connectivity index (χ0v) is 17.3. The first kappa shape index (κ1) is 22.1. The van der Waals surface area contributed by atoms with Crippen LogP contribution in [0.4, 0.5) is 8.78 Å². The molecule has 1 aromatic heterocycles. The first-order valence-corrected chi connectivity index (χ1v) is 9.93. The molecule has 0 fully saturated rings. The van der Waals surface area contributed by atoms with E-state index in [9.17, 15) is 18.4 Å². The van der Waals surface area contributed by atoms with Crippen LogP contribution in [0.3, 0.4) is 0 Å². The monoisotopic (exact) mass is 426 g/mol. The number of nitrogens with one attached hydrogen (secondary N) is 2. The molecule has 0 aliphatic heterocycles. The summed E-state index contributed by atoms with van der Waals surface area (Å²) in [4.78, 5) is 25.2. The summed E-state index contributed by atoms with van der Waals surface area (Å²) < 4.78 is 29.6. The molecular weight excluding hydrogens is 402 g/mol. The molecule has 0 radical (unpaired) electrons. The molecule has 3 aromatic rings. The van der Waals surface area contributed by atoms with E-state index in [0.29, 0.717) is 6.54 Å². The van der Waals surface area contributed by atoms with Crippen LogP contribution in [-0.4, -0.2) is 27.6 Å². The van der Waals surface area contributed by atoms with Crippen molar-refractivity contribution in [1.82, 2.24) is 20.4 Å². The Kier molecular flexibility index (Phi) is 7.12. The molecule has 3 rings (SSSR count). The molecule has 0 bridgehead atoms. The Morgan fingerprint density at radius 1 is 1.00 bits per heavy atom. The van der Waals surface area contributed by atoms with E-state index < -0.39 is 35.1 Å². The molecule has 2 amide bonds. The zero-order chi connectivity index (χ0) is 22.4. The van der Waals surface area contributed by atoms with E-state index in [4.69, 9.17) is 0 Å². The van der Waals surface area contributed by atoms with Crippen molar-refractivity contribution in [2.24, 2.45) is 5.92 Å². The van der Waals surface area contributed by atoms with Gasteiger partial charge in [-0.15, -0.1) is 0 Å². The first-order valence-electron chi connectivity index (χ1n) is 9.93. The quantitative estimate of drug-likeness (QED) is 0.581. The lowest BCUT2D eigenvalue weighted by Gasteiger charge is -2.22. The molecular formula is C23H24F2N4O2. The third-order valence-corrected chi connectivity index (χ3v) is 4.89. The van der Waals surface area contributed by atoms with Gasteiger partial charge in [-0.3, -0.25) is 14.3 Å². The van der Waals surface area contributed by atoms with Crippen molar-refractivity contribution in [3.05, 3.63) is 89.2 Å². The van der Waals surface area contributed by atoms with Gasteiger partial charge in [0.15, 0.2) is 0 Å². The van der Waals surface area contributed by atoms with E-state index >= 15 is 0 Å². The molecule has 0 saturated heterocycles. The molecule has 0 unspecified atom stereocenters. The van der Waals surface area contributed by atoms with Gasteiger partial charge in [0.25, 0.3) is 5.91 Å². The van der Waals surface area contributed by atoms with Gasteiger partial charge in [0.2, 0.25) is 5.91 Å². The molecule has 0 aliphatic rings. The fraction of sp³-hybridized carbons (Fsp3) is 0.261. The van der Waals surface area contributed by atoms with Gasteiger partial charge in [-0.05, 0) is 35.2 Å². The van der Waals surface area contributed by atoms with Crippen LogP contribution in [0.15, 0.2) is 60.9 Å². The van der Waals surface area contributed by atoms with Gasteiger partial charge in [0, 0.05) is 18.9 Å². The van der Waals surface area contributed by atoms with E-state index in [0.717, 1.165) is 23.3 Å². The van der Waals surface area contributed by atoms with Crippen molar-refractivity contribution in [2.75, 3.05) is 0 Å². The predicted molar refractivity (Wildman–Crippen MR) is 112 cm³/mol. The van der Waals surface area contributed by atoms with Crippen molar-refractivity contribution in [1.29, 1.82) is 0 Å². The average Bonchev–Trinajstić information content (AvgIpc) is 3.24. The Balaban J connectivity index is 1.69. The topological polar surface area (TPSA) is 76.0 Å². The number of rotatable bonds is 8. The van der Waals surface area contributed by atoms with Crippen LogP contribution in [0.1, 0.15) is 35.3 Å². The minimum Gasteiger partial charge on any atom is -0.350 e. The number of carbonyl (C=O) groups excluding carboxylic acids is 2. The van der Waals surface area contributed by atoms with Crippen LogP contribution in [0.5, 0.6) is 0 Å². The van der Waals surface area contributed by atoms with Gasteiger partial charge in [0.1, 0.15) is 23.2 Å². The Morgan fingerprint density at radius 3 is 2.29 bits per heavy atom. The van der Waals surface area contributed by atoms with E-state index in [1.807, 2.05) is 36.5 Å². The van der Waals surface area contributed by atoms with Crippen LogP contribution in [0, 0.1) is 17.6 Å². The van der Waals surface area contributed by atoms with Crippen molar-refractivity contribution in [3.8, 4) is 0 Å². The standard InChI is InChI=1S/C23H24F2N4O2/c1-15(2)21(28-22(30)20-18(24)9-5-10-19(20)25)23(31)26-13-16-7-3-4-8-17(16)14-29-12-6-11-27-29/h3-12,15,21H,13-14H2,1-2H3,(H,26,31)(H,28,30)/t21-/m0/s1. The van der Waals surface area contributed by atoms with Gasteiger partial charge in [-0.25, -0.2) is 8.78 Å². The van der Waals surface area contributed by atoms with E-state index in [2.05, 4.69) is 15.7 Å². The number of amides is 2. The Hall–Kier alpha value is -3.55. The van der Waals surface area contributed by atoms with Crippen molar-refractivity contribution < 1.29 is 18.4 Å². The molecule has 0 aliphatic carbocycles. The number of halogens is 2. The van der Waals surface area contributed by atoms with Gasteiger partial charge < -0.3 is 10.6 Å². The molecule has 31 heavy (non-hydrogen) atoms. The highest BCUT2D eigenvalue weighted by Crippen LogP contribution is 2.14. The fourth-order valence-electron chi connectivity index (χ4n) is 3.21. The SMILES string of the molecule is CC(C)[C@H](NC(=O)c1c(F)cccc1F)C(=O)NCc1ccccc1Cn1cccn1. The average molecular weight is 426 g/mol. The Bertz CT molecular complexity index is 1030. The highest BCUT2D eigenvalue weighted by Gasteiger charge is 2.27. The van der Waals surface area contributed by atoms with E-state index in [1.54, 1.807) is 24.7 Å². The van der Waals surface area contributed by atoms with E-state index in [1.165, 1.54) is 6.07 Å². The van der Waals surface area contributed by atoms with Gasteiger partial charge in [0.05, 0.1) is 6.54 Å². The molecule has 8 heteroatoms.